The number of urea groups is 1. The van der Waals surface area contributed by atoms with Crippen LogP contribution in [0.4, 0.5) is 10.5 Å². The van der Waals surface area contributed by atoms with Crippen LogP contribution in [-0.2, 0) is 0 Å². The number of aliphatic hydroxyl groups excluding tert-OH is 1. The first-order valence-electron chi connectivity index (χ1n) is 6.47. The number of carbonyl (C=O) groups is 1. The number of amides is 2. The minimum atomic E-state index is -0.648. The van der Waals surface area contributed by atoms with Crippen molar-refractivity contribution in [2.75, 3.05) is 19.0 Å². The fourth-order valence-corrected chi connectivity index (χ4v) is 2.11. The fourth-order valence-electron chi connectivity index (χ4n) is 1.94. The molecule has 0 spiro atoms. The first-order chi connectivity index (χ1) is 9.44. The Morgan fingerprint density at radius 2 is 2.20 bits per heavy atom. The van der Waals surface area contributed by atoms with Gasteiger partial charge in [-0.05, 0) is 31.5 Å². The van der Waals surface area contributed by atoms with Crippen molar-refractivity contribution in [2.24, 2.45) is 0 Å². The highest BCUT2D eigenvalue weighted by Crippen LogP contribution is 2.27. The Bertz CT molecular complexity index is 468. The minimum Gasteiger partial charge on any atom is -0.495 e. The van der Waals surface area contributed by atoms with E-state index < -0.39 is 11.6 Å². The molecule has 6 heteroatoms. The predicted octanol–water partition coefficient (Wildman–Crippen LogP) is 3.02. The first-order valence-corrected chi connectivity index (χ1v) is 6.85. The summed E-state index contributed by atoms with van der Waals surface area (Å²) in [5, 5.41) is 15.3. The molecule has 112 valence electrons. The molecule has 5 nitrogen and oxygen atoms in total. The smallest absolute Gasteiger partial charge is 0.319 e. The fraction of sp³-hybridized carbons (Fsp3) is 0.500. The molecule has 0 fully saturated rings. The lowest BCUT2D eigenvalue weighted by molar-refractivity contribution is 0.167. The number of hydrogen-bond acceptors (Lipinski definition) is 3. The van der Waals surface area contributed by atoms with Crippen molar-refractivity contribution in [3.63, 3.8) is 0 Å². The van der Waals surface area contributed by atoms with Crippen LogP contribution in [0.25, 0.3) is 0 Å². The summed E-state index contributed by atoms with van der Waals surface area (Å²) in [7, 11) is 1.52. The number of methoxy groups -OCH3 is 1. The molecule has 0 aliphatic heterocycles. The Morgan fingerprint density at radius 3 is 2.75 bits per heavy atom. The number of nitrogens with one attached hydrogen (secondary N) is 2. The molecule has 1 aromatic carbocycles. The Balaban J connectivity index is 2.78. The van der Waals surface area contributed by atoms with E-state index in [0.717, 1.165) is 6.42 Å². The van der Waals surface area contributed by atoms with Crippen LogP contribution in [0.5, 0.6) is 5.75 Å². The van der Waals surface area contributed by atoms with Gasteiger partial charge in [0.1, 0.15) is 5.75 Å². The van der Waals surface area contributed by atoms with Crippen molar-refractivity contribution < 1.29 is 14.6 Å². The van der Waals surface area contributed by atoms with Crippen LogP contribution in [0.2, 0.25) is 5.02 Å². The van der Waals surface area contributed by atoms with Gasteiger partial charge in [0.2, 0.25) is 0 Å². The quantitative estimate of drug-likeness (QED) is 0.756. The molecule has 0 saturated heterocycles. The van der Waals surface area contributed by atoms with Crippen LogP contribution in [0, 0.1) is 0 Å². The maximum atomic E-state index is 12.0. The molecule has 0 saturated carbocycles. The minimum absolute atomic E-state index is 0.124. The van der Waals surface area contributed by atoms with E-state index in [1.165, 1.54) is 7.11 Å². The standard InChI is InChI=1S/C14H21ClN2O3/c1-4-7-14(2,9-18)17-13(19)16-11-8-10(15)5-6-12(11)20-3/h5-6,8,18H,4,7,9H2,1-3H3,(H2,16,17,19). The van der Waals surface area contributed by atoms with E-state index >= 15 is 0 Å². The molecule has 2 amide bonds. The van der Waals surface area contributed by atoms with Crippen molar-refractivity contribution in [3.8, 4) is 5.75 Å². The molecular weight excluding hydrogens is 280 g/mol. The third-order valence-corrected chi connectivity index (χ3v) is 3.21. The van der Waals surface area contributed by atoms with Gasteiger partial charge in [-0.3, -0.25) is 0 Å². The highest BCUT2D eigenvalue weighted by Gasteiger charge is 2.24. The lowest BCUT2D eigenvalue weighted by Gasteiger charge is -2.28. The second-order valence-electron chi connectivity index (χ2n) is 4.89. The van der Waals surface area contributed by atoms with Crippen LogP contribution in [0.15, 0.2) is 18.2 Å². The lowest BCUT2D eigenvalue weighted by atomic mass is 9.98. The normalized spacial score (nSPS) is 13.4. The van der Waals surface area contributed by atoms with Crippen LogP contribution < -0.4 is 15.4 Å². The summed E-state index contributed by atoms with van der Waals surface area (Å²) in [6.45, 7) is 3.67. The molecule has 0 aromatic heterocycles. The van der Waals surface area contributed by atoms with Gasteiger partial charge in [-0.2, -0.15) is 0 Å². The van der Waals surface area contributed by atoms with E-state index in [4.69, 9.17) is 16.3 Å². The van der Waals surface area contributed by atoms with Gasteiger partial charge in [0, 0.05) is 5.02 Å². The second kappa shape index (κ2) is 7.36. The largest absolute Gasteiger partial charge is 0.495 e. The highest BCUT2D eigenvalue weighted by atomic mass is 35.5. The molecule has 1 rings (SSSR count). The zero-order valence-electron chi connectivity index (χ0n) is 12.0. The molecule has 20 heavy (non-hydrogen) atoms. The monoisotopic (exact) mass is 300 g/mol. The summed E-state index contributed by atoms with van der Waals surface area (Å²) in [5.41, 5.74) is -0.167. The van der Waals surface area contributed by atoms with E-state index in [1.807, 2.05) is 6.92 Å². The van der Waals surface area contributed by atoms with E-state index in [9.17, 15) is 9.90 Å². The first kappa shape index (κ1) is 16.6. The second-order valence-corrected chi connectivity index (χ2v) is 5.33. The lowest BCUT2D eigenvalue weighted by Crippen LogP contribution is -2.50. The number of carbonyl (C=O) groups excluding carboxylic acids is 1. The van der Waals surface area contributed by atoms with Crippen LogP contribution in [0.1, 0.15) is 26.7 Å². The topological polar surface area (TPSA) is 70.6 Å². The zero-order valence-corrected chi connectivity index (χ0v) is 12.8. The summed E-state index contributed by atoms with van der Waals surface area (Å²) in [4.78, 5) is 12.0. The molecule has 0 radical (unpaired) electrons. The maximum absolute atomic E-state index is 12.0. The van der Waals surface area contributed by atoms with Gasteiger partial charge in [-0.25, -0.2) is 4.79 Å². The average Bonchev–Trinajstić information content (AvgIpc) is 2.39. The van der Waals surface area contributed by atoms with Crippen LogP contribution >= 0.6 is 11.6 Å². The van der Waals surface area contributed by atoms with Gasteiger partial charge in [-0.1, -0.05) is 24.9 Å². The van der Waals surface area contributed by atoms with Crippen molar-refractivity contribution in [3.05, 3.63) is 23.2 Å². The van der Waals surface area contributed by atoms with Gasteiger partial charge in [0.15, 0.2) is 0 Å². The third-order valence-electron chi connectivity index (χ3n) is 2.98. The molecule has 1 aromatic rings. The van der Waals surface area contributed by atoms with E-state index in [0.29, 0.717) is 22.9 Å². The van der Waals surface area contributed by atoms with Crippen LogP contribution in [-0.4, -0.2) is 30.4 Å². The van der Waals surface area contributed by atoms with Crippen LogP contribution in [0.3, 0.4) is 0 Å². The molecule has 0 aliphatic carbocycles. The molecule has 0 heterocycles. The van der Waals surface area contributed by atoms with Crippen molar-refractivity contribution >= 4 is 23.3 Å². The number of aliphatic hydroxyl groups is 1. The summed E-state index contributed by atoms with van der Waals surface area (Å²) >= 11 is 5.90. The molecule has 3 N–H and O–H groups in total. The Morgan fingerprint density at radius 1 is 1.50 bits per heavy atom. The summed E-state index contributed by atoms with van der Waals surface area (Å²) in [6.07, 6.45) is 1.54. The maximum Gasteiger partial charge on any atom is 0.319 e. The van der Waals surface area contributed by atoms with Gasteiger partial charge in [-0.15, -0.1) is 0 Å². The molecular formula is C14H21ClN2O3. The number of halogens is 1. The number of rotatable bonds is 6. The molecule has 1 unspecified atom stereocenters. The number of ether oxygens (including phenoxy) is 1. The van der Waals surface area contributed by atoms with E-state index in [1.54, 1.807) is 25.1 Å². The third kappa shape index (κ3) is 4.58. The van der Waals surface area contributed by atoms with Crippen molar-refractivity contribution in [2.45, 2.75) is 32.2 Å². The van der Waals surface area contributed by atoms with E-state index in [2.05, 4.69) is 10.6 Å². The molecule has 0 bridgehead atoms. The summed E-state index contributed by atoms with van der Waals surface area (Å²) in [5.74, 6) is 0.519. The Hall–Kier alpha value is -1.46. The highest BCUT2D eigenvalue weighted by molar-refractivity contribution is 6.31. The number of hydrogen-bond donors (Lipinski definition) is 3. The Kier molecular flexibility index (Phi) is 6.10. The Labute approximate surface area is 124 Å². The predicted molar refractivity (Wildman–Crippen MR) is 80.6 cm³/mol. The summed E-state index contributed by atoms with van der Waals surface area (Å²) < 4.78 is 5.15. The zero-order chi connectivity index (χ0) is 15.2. The molecule has 0 aliphatic rings. The SMILES string of the molecule is CCCC(C)(CO)NC(=O)Nc1cc(Cl)ccc1OC. The van der Waals surface area contributed by atoms with Gasteiger partial charge < -0.3 is 20.5 Å². The number of anilines is 1. The number of benzene rings is 1. The van der Waals surface area contributed by atoms with Gasteiger partial charge in [0.25, 0.3) is 0 Å². The van der Waals surface area contributed by atoms with Gasteiger partial charge in [0.05, 0.1) is 24.9 Å². The van der Waals surface area contributed by atoms with Crippen molar-refractivity contribution in [1.82, 2.24) is 5.32 Å². The average molecular weight is 301 g/mol. The van der Waals surface area contributed by atoms with Gasteiger partial charge >= 0.3 is 6.03 Å². The van der Waals surface area contributed by atoms with E-state index in [-0.39, 0.29) is 6.61 Å². The van der Waals surface area contributed by atoms with Crippen molar-refractivity contribution in [1.29, 1.82) is 0 Å². The molecule has 1 atom stereocenters. The summed E-state index contributed by atoms with van der Waals surface area (Å²) in [6, 6.07) is 4.56.